The first-order chi connectivity index (χ1) is 11.7. The largest absolute Gasteiger partial charge is 0.491 e. The van der Waals surface area contributed by atoms with E-state index in [0.29, 0.717) is 25.7 Å². The summed E-state index contributed by atoms with van der Waals surface area (Å²) in [7, 11) is 1.65. The number of nitrogens with zero attached hydrogens (tertiary/aromatic N) is 1. The fourth-order valence-electron chi connectivity index (χ4n) is 2.21. The molecule has 2 aromatic rings. The monoisotopic (exact) mass is 455 g/mol. The average molecular weight is 455 g/mol. The van der Waals surface area contributed by atoms with E-state index in [1.165, 1.54) is 5.56 Å². The third kappa shape index (κ3) is 7.74. The van der Waals surface area contributed by atoms with Crippen molar-refractivity contribution < 1.29 is 9.47 Å². The molecule has 0 aliphatic rings. The summed E-state index contributed by atoms with van der Waals surface area (Å²) in [6.07, 6.45) is 0.989. The summed E-state index contributed by atoms with van der Waals surface area (Å²) in [5.41, 5.74) is 9.22. The number of hydrogen-bond donors (Lipinski definition) is 2. The Morgan fingerprint density at radius 2 is 1.84 bits per heavy atom. The lowest BCUT2D eigenvalue weighted by atomic mass is 10.1. The Labute approximate surface area is 166 Å². The SMILES string of the molecule is CCc1cccc(NC(N)=NCc2cccc(OCCOC)c2)c1.I. The van der Waals surface area contributed by atoms with Gasteiger partial charge in [-0.2, -0.15) is 0 Å². The third-order valence-corrected chi connectivity index (χ3v) is 3.49. The molecule has 6 heteroatoms. The van der Waals surface area contributed by atoms with E-state index in [9.17, 15) is 0 Å². The van der Waals surface area contributed by atoms with Crippen molar-refractivity contribution in [3.8, 4) is 5.75 Å². The number of halogens is 1. The van der Waals surface area contributed by atoms with Crippen LogP contribution in [0.3, 0.4) is 0 Å². The van der Waals surface area contributed by atoms with Crippen molar-refractivity contribution in [3.63, 3.8) is 0 Å². The van der Waals surface area contributed by atoms with Crippen molar-refractivity contribution in [2.45, 2.75) is 19.9 Å². The molecule has 5 nitrogen and oxygen atoms in total. The highest BCUT2D eigenvalue weighted by Gasteiger charge is 1.99. The van der Waals surface area contributed by atoms with Gasteiger partial charge in [0.05, 0.1) is 13.2 Å². The highest BCUT2D eigenvalue weighted by Crippen LogP contribution is 2.14. The molecule has 0 aliphatic carbocycles. The van der Waals surface area contributed by atoms with Crippen LogP contribution in [0.4, 0.5) is 5.69 Å². The van der Waals surface area contributed by atoms with Gasteiger partial charge in [-0.05, 0) is 41.8 Å². The third-order valence-electron chi connectivity index (χ3n) is 3.49. The zero-order valence-electron chi connectivity index (χ0n) is 14.7. The molecule has 0 saturated carbocycles. The predicted molar refractivity (Wildman–Crippen MR) is 114 cm³/mol. The Morgan fingerprint density at radius 1 is 1.08 bits per heavy atom. The fourth-order valence-corrected chi connectivity index (χ4v) is 2.21. The first kappa shape index (κ1) is 21.2. The van der Waals surface area contributed by atoms with Gasteiger partial charge in [-0.15, -0.1) is 24.0 Å². The zero-order valence-corrected chi connectivity index (χ0v) is 17.0. The quantitative estimate of drug-likeness (QED) is 0.275. The summed E-state index contributed by atoms with van der Waals surface area (Å²) in [5.74, 6) is 1.20. The molecule has 0 aliphatic heterocycles. The van der Waals surface area contributed by atoms with Crippen molar-refractivity contribution in [2.24, 2.45) is 10.7 Å². The van der Waals surface area contributed by atoms with E-state index in [1.54, 1.807) is 7.11 Å². The topological polar surface area (TPSA) is 68.9 Å². The molecule has 0 spiro atoms. The molecule has 0 aromatic heterocycles. The number of anilines is 1. The number of nitrogens with one attached hydrogen (secondary N) is 1. The molecule has 0 fully saturated rings. The van der Waals surface area contributed by atoms with Crippen LogP contribution in [0.25, 0.3) is 0 Å². The number of aryl methyl sites for hydroxylation is 1. The van der Waals surface area contributed by atoms with Gasteiger partial charge in [-0.3, -0.25) is 0 Å². The molecule has 0 amide bonds. The molecule has 3 N–H and O–H groups in total. The minimum atomic E-state index is 0. The molecule has 25 heavy (non-hydrogen) atoms. The Morgan fingerprint density at radius 3 is 2.60 bits per heavy atom. The summed E-state index contributed by atoms with van der Waals surface area (Å²) in [4.78, 5) is 4.39. The summed E-state index contributed by atoms with van der Waals surface area (Å²) in [5, 5.41) is 3.12. The highest BCUT2D eigenvalue weighted by molar-refractivity contribution is 14.0. The highest BCUT2D eigenvalue weighted by atomic mass is 127. The minimum absolute atomic E-state index is 0. The lowest BCUT2D eigenvalue weighted by molar-refractivity contribution is 0.146. The molecule has 0 bridgehead atoms. The number of methoxy groups -OCH3 is 1. The first-order valence-electron chi connectivity index (χ1n) is 8.08. The van der Waals surface area contributed by atoms with Gasteiger partial charge in [-0.1, -0.05) is 31.2 Å². The van der Waals surface area contributed by atoms with E-state index in [2.05, 4.69) is 29.4 Å². The fraction of sp³-hybridized carbons (Fsp3) is 0.316. The molecule has 0 radical (unpaired) electrons. The molecular formula is C19H26IN3O2. The molecule has 0 unspecified atom stereocenters. The Kier molecular flexibility index (Phi) is 9.94. The van der Waals surface area contributed by atoms with Crippen molar-refractivity contribution >= 4 is 35.6 Å². The molecular weight excluding hydrogens is 429 g/mol. The summed E-state index contributed by atoms with van der Waals surface area (Å²) < 4.78 is 10.6. The Hall–Kier alpha value is -1.80. The average Bonchev–Trinajstić information content (AvgIpc) is 2.61. The van der Waals surface area contributed by atoms with Gasteiger partial charge in [0.15, 0.2) is 5.96 Å². The van der Waals surface area contributed by atoms with Crippen LogP contribution in [0.5, 0.6) is 5.75 Å². The molecule has 2 aromatic carbocycles. The van der Waals surface area contributed by atoms with Crippen LogP contribution in [-0.4, -0.2) is 26.3 Å². The Bertz CT molecular complexity index is 677. The lowest BCUT2D eigenvalue weighted by Gasteiger charge is -2.08. The van der Waals surface area contributed by atoms with Crippen molar-refractivity contribution in [1.82, 2.24) is 0 Å². The maximum atomic E-state index is 5.97. The lowest BCUT2D eigenvalue weighted by Crippen LogP contribution is -2.22. The molecule has 0 heterocycles. The number of aliphatic imine (C=N–C) groups is 1. The molecule has 136 valence electrons. The van der Waals surface area contributed by atoms with E-state index in [4.69, 9.17) is 15.2 Å². The molecule has 2 rings (SSSR count). The van der Waals surface area contributed by atoms with E-state index in [0.717, 1.165) is 23.4 Å². The van der Waals surface area contributed by atoms with E-state index in [-0.39, 0.29) is 24.0 Å². The van der Waals surface area contributed by atoms with E-state index < -0.39 is 0 Å². The van der Waals surface area contributed by atoms with Crippen LogP contribution in [0.2, 0.25) is 0 Å². The zero-order chi connectivity index (χ0) is 17.2. The number of guanidine groups is 1. The number of ether oxygens (including phenoxy) is 2. The maximum absolute atomic E-state index is 5.97. The normalized spacial score (nSPS) is 10.9. The van der Waals surface area contributed by atoms with Gasteiger partial charge >= 0.3 is 0 Å². The summed E-state index contributed by atoms with van der Waals surface area (Å²) in [6.45, 7) is 3.71. The second-order valence-electron chi connectivity index (χ2n) is 5.37. The van der Waals surface area contributed by atoms with Gasteiger partial charge in [0.1, 0.15) is 12.4 Å². The van der Waals surface area contributed by atoms with Gasteiger partial charge < -0.3 is 20.5 Å². The second kappa shape index (κ2) is 11.7. The number of benzene rings is 2. The standard InChI is InChI=1S/C19H25N3O2.HI/c1-3-15-6-4-8-17(12-15)22-19(20)21-14-16-7-5-9-18(13-16)24-11-10-23-2;/h4-9,12-13H,3,10-11,14H2,1-2H3,(H3,20,21,22);1H. The van der Waals surface area contributed by atoms with Crippen molar-refractivity contribution in [1.29, 1.82) is 0 Å². The van der Waals surface area contributed by atoms with Gasteiger partial charge in [0.25, 0.3) is 0 Å². The molecule has 0 saturated heterocycles. The predicted octanol–water partition coefficient (Wildman–Crippen LogP) is 3.82. The smallest absolute Gasteiger partial charge is 0.193 e. The van der Waals surface area contributed by atoms with Crippen LogP contribution in [0, 0.1) is 0 Å². The van der Waals surface area contributed by atoms with Gasteiger partial charge in [0.2, 0.25) is 0 Å². The van der Waals surface area contributed by atoms with Crippen LogP contribution in [-0.2, 0) is 17.7 Å². The van der Waals surface area contributed by atoms with Crippen LogP contribution >= 0.6 is 24.0 Å². The Balaban J connectivity index is 0.00000312. The van der Waals surface area contributed by atoms with Gasteiger partial charge in [0, 0.05) is 12.8 Å². The van der Waals surface area contributed by atoms with E-state index in [1.807, 2.05) is 36.4 Å². The molecule has 0 atom stereocenters. The number of rotatable bonds is 8. The summed E-state index contributed by atoms with van der Waals surface area (Å²) in [6, 6.07) is 16.0. The maximum Gasteiger partial charge on any atom is 0.193 e. The van der Waals surface area contributed by atoms with Crippen LogP contribution in [0.15, 0.2) is 53.5 Å². The van der Waals surface area contributed by atoms with Crippen LogP contribution in [0.1, 0.15) is 18.1 Å². The first-order valence-corrected chi connectivity index (χ1v) is 8.08. The second-order valence-corrected chi connectivity index (χ2v) is 5.37. The number of hydrogen-bond acceptors (Lipinski definition) is 3. The van der Waals surface area contributed by atoms with Gasteiger partial charge in [-0.25, -0.2) is 4.99 Å². The van der Waals surface area contributed by atoms with Crippen molar-refractivity contribution in [3.05, 3.63) is 59.7 Å². The van der Waals surface area contributed by atoms with Crippen molar-refractivity contribution in [2.75, 3.05) is 25.6 Å². The van der Waals surface area contributed by atoms with E-state index >= 15 is 0 Å². The minimum Gasteiger partial charge on any atom is -0.491 e. The number of nitrogens with two attached hydrogens (primary N) is 1. The summed E-state index contributed by atoms with van der Waals surface area (Å²) >= 11 is 0. The van der Waals surface area contributed by atoms with Crippen LogP contribution < -0.4 is 15.8 Å².